The fraction of sp³-hybridized carbons (Fsp3) is 0.250. The van der Waals surface area contributed by atoms with Crippen LogP contribution in [0.5, 0.6) is 0 Å². The number of hydrogen-bond acceptors (Lipinski definition) is 3. The molecule has 70 valence electrons. The molecule has 1 aromatic heterocycles. The van der Waals surface area contributed by atoms with Gasteiger partial charge in [0.05, 0.1) is 0 Å². The summed E-state index contributed by atoms with van der Waals surface area (Å²) in [5.41, 5.74) is 5.69. The van der Waals surface area contributed by atoms with E-state index in [0.29, 0.717) is 12.1 Å². The number of carbonyl (C=O) groups is 1. The Morgan fingerprint density at radius 3 is 2.38 bits per heavy atom. The fourth-order valence-electron chi connectivity index (χ4n) is 0.901. The molecule has 0 bridgehead atoms. The van der Waals surface area contributed by atoms with E-state index in [9.17, 15) is 4.79 Å². The number of aromatic nitrogens is 1. The summed E-state index contributed by atoms with van der Waals surface area (Å²) >= 11 is 11.2. The highest BCUT2D eigenvalue weighted by Gasteiger charge is 2.07. The van der Waals surface area contributed by atoms with Crippen LogP contribution < -0.4 is 5.73 Å². The lowest BCUT2D eigenvalue weighted by Gasteiger charge is -1.99. The van der Waals surface area contributed by atoms with Gasteiger partial charge in [0.1, 0.15) is 10.3 Å². The van der Waals surface area contributed by atoms with Gasteiger partial charge in [-0.25, -0.2) is 4.98 Å². The summed E-state index contributed by atoms with van der Waals surface area (Å²) in [6.07, 6.45) is 0.288. The molecule has 0 aliphatic heterocycles. The van der Waals surface area contributed by atoms with E-state index in [-0.39, 0.29) is 22.5 Å². The van der Waals surface area contributed by atoms with Crippen LogP contribution in [0.1, 0.15) is 16.8 Å². The molecular formula is C8H8Cl2N2O. The minimum Gasteiger partial charge on any atom is -0.330 e. The third-order valence-corrected chi connectivity index (χ3v) is 1.84. The minimum absolute atomic E-state index is 0.0753. The van der Waals surface area contributed by atoms with Gasteiger partial charge in [0.25, 0.3) is 0 Å². The summed E-state index contributed by atoms with van der Waals surface area (Å²) in [5, 5.41) is 0.431. The average Bonchev–Trinajstić information content (AvgIpc) is 2.03. The van der Waals surface area contributed by atoms with Crippen molar-refractivity contribution in [2.45, 2.75) is 6.42 Å². The molecule has 0 aromatic carbocycles. The lowest BCUT2D eigenvalue weighted by Crippen LogP contribution is -2.08. The quantitative estimate of drug-likeness (QED) is 0.624. The van der Waals surface area contributed by atoms with Crippen LogP contribution >= 0.6 is 23.2 Å². The average molecular weight is 219 g/mol. The summed E-state index contributed by atoms with van der Waals surface area (Å²) in [6.45, 7) is 0.316. The number of halogens is 2. The molecule has 0 aliphatic rings. The van der Waals surface area contributed by atoms with E-state index < -0.39 is 0 Å². The minimum atomic E-state index is -0.0753. The molecule has 1 rings (SSSR count). The Balaban J connectivity index is 2.94. The molecule has 2 N–H and O–H groups in total. The summed E-state index contributed by atoms with van der Waals surface area (Å²) in [7, 11) is 0. The Kier molecular flexibility index (Phi) is 3.66. The van der Waals surface area contributed by atoms with E-state index in [1.54, 1.807) is 0 Å². The molecule has 0 aliphatic carbocycles. The fourth-order valence-corrected chi connectivity index (χ4v) is 1.36. The molecule has 0 spiro atoms. The molecule has 3 nitrogen and oxygen atoms in total. The van der Waals surface area contributed by atoms with Crippen LogP contribution in [0.4, 0.5) is 0 Å². The van der Waals surface area contributed by atoms with Crippen LogP contribution in [0.15, 0.2) is 12.1 Å². The van der Waals surface area contributed by atoms with Crippen molar-refractivity contribution < 1.29 is 4.79 Å². The first-order valence-corrected chi connectivity index (χ1v) is 4.45. The lowest BCUT2D eigenvalue weighted by molar-refractivity contribution is 0.0985. The highest BCUT2D eigenvalue weighted by Crippen LogP contribution is 2.15. The highest BCUT2D eigenvalue weighted by molar-refractivity contribution is 6.33. The van der Waals surface area contributed by atoms with E-state index >= 15 is 0 Å². The largest absolute Gasteiger partial charge is 0.330 e. The van der Waals surface area contributed by atoms with E-state index in [1.807, 2.05) is 0 Å². The number of nitrogens with two attached hydrogens (primary N) is 1. The summed E-state index contributed by atoms with van der Waals surface area (Å²) in [4.78, 5) is 15.0. The second-order valence-electron chi connectivity index (χ2n) is 2.46. The summed E-state index contributed by atoms with van der Waals surface area (Å²) in [6, 6.07) is 2.96. The molecule has 0 radical (unpaired) electrons. The second kappa shape index (κ2) is 4.56. The van der Waals surface area contributed by atoms with Gasteiger partial charge in [-0.3, -0.25) is 4.79 Å². The molecule has 13 heavy (non-hydrogen) atoms. The Bertz CT molecular complexity index is 308. The van der Waals surface area contributed by atoms with Gasteiger partial charge in [0, 0.05) is 12.0 Å². The van der Waals surface area contributed by atoms with Crippen molar-refractivity contribution in [1.82, 2.24) is 4.98 Å². The van der Waals surface area contributed by atoms with Crippen LogP contribution in [0.3, 0.4) is 0 Å². The van der Waals surface area contributed by atoms with Crippen molar-refractivity contribution in [3.8, 4) is 0 Å². The maximum absolute atomic E-state index is 11.3. The van der Waals surface area contributed by atoms with Crippen LogP contribution in [0, 0.1) is 0 Å². The van der Waals surface area contributed by atoms with Crippen LogP contribution in [0.2, 0.25) is 10.3 Å². The summed E-state index contributed by atoms with van der Waals surface area (Å²) < 4.78 is 0. The first-order chi connectivity index (χ1) is 6.13. The molecule has 5 heteroatoms. The molecule has 0 fully saturated rings. The first kappa shape index (κ1) is 10.4. The van der Waals surface area contributed by atoms with Crippen LogP contribution in [-0.4, -0.2) is 17.3 Å². The number of carbonyl (C=O) groups excluding carboxylic acids is 1. The molecule has 1 aromatic rings. The topological polar surface area (TPSA) is 56.0 Å². The predicted molar refractivity (Wildman–Crippen MR) is 52.3 cm³/mol. The summed E-state index contributed by atoms with van der Waals surface area (Å²) in [5.74, 6) is -0.0753. The molecule has 0 unspecified atom stereocenters. The monoisotopic (exact) mass is 218 g/mol. The van der Waals surface area contributed by atoms with Crippen molar-refractivity contribution in [1.29, 1.82) is 0 Å². The third-order valence-electron chi connectivity index (χ3n) is 1.46. The second-order valence-corrected chi connectivity index (χ2v) is 3.24. The van der Waals surface area contributed by atoms with Gasteiger partial charge in [-0.15, -0.1) is 0 Å². The van der Waals surface area contributed by atoms with Gasteiger partial charge < -0.3 is 5.73 Å². The van der Waals surface area contributed by atoms with E-state index in [1.165, 1.54) is 12.1 Å². The third kappa shape index (κ3) is 2.95. The Morgan fingerprint density at radius 2 is 1.92 bits per heavy atom. The lowest BCUT2D eigenvalue weighted by atomic mass is 10.1. The zero-order valence-corrected chi connectivity index (χ0v) is 8.27. The van der Waals surface area contributed by atoms with Crippen LogP contribution in [0.25, 0.3) is 0 Å². The molecule has 0 saturated carbocycles. The van der Waals surface area contributed by atoms with Crippen molar-refractivity contribution in [3.05, 3.63) is 28.0 Å². The Morgan fingerprint density at radius 1 is 1.38 bits per heavy atom. The number of pyridine rings is 1. The smallest absolute Gasteiger partial charge is 0.164 e. The molecule has 0 amide bonds. The maximum Gasteiger partial charge on any atom is 0.164 e. The van der Waals surface area contributed by atoms with Crippen LogP contribution in [-0.2, 0) is 0 Å². The van der Waals surface area contributed by atoms with E-state index in [0.717, 1.165) is 0 Å². The van der Waals surface area contributed by atoms with Crippen molar-refractivity contribution in [2.75, 3.05) is 6.54 Å². The highest BCUT2D eigenvalue weighted by atomic mass is 35.5. The zero-order valence-electron chi connectivity index (χ0n) is 6.76. The van der Waals surface area contributed by atoms with Gasteiger partial charge in [-0.1, -0.05) is 23.2 Å². The standard InChI is InChI=1S/C8H8Cl2N2O/c9-7-3-5(4-8(10)12-7)6(13)1-2-11/h3-4H,1-2,11H2. The molecule has 0 saturated heterocycles. The van der Waals surface area contributed by atoms with Crippen molar-refractivity contribution in [2.24, 2.45) is 5.73 Å². The van der Waals surface area contributed by atoms with Gasteiger partial charge in [0.15, 0.2) is 5.78 Å². The Hall–Kier alpha value is -0.640. The maximum atomic E-state index is 11.3. The predicted octanol–water partition coefficient (Wildman–Crippen LogP) is 1.92. The van der Waals surface area contributed by atoms with E-state index in [2.05, 4.69) is 4.98 Å². The van der Waals surface area contributed by atoms with Gasteiger partial charge in [0.2, 0.25) is 0 Å². The SMILES string of the molecule is NCCC(=O)c1cc(Cl)nc(Cl)c1. The molecular weight excluding hydrogens is 211 g/mol. The zero-order chi connectivity index (χ0) is 9.84. The van der Waals surface area contributed by atoms with E-state index in [4.69, 9.17) is 28.9 Å². The molecule has 1 heterocycles. The van der Waals surface area contributed by atoms with Gasteiger partial charge in [-0.05, 0) is 18.7 Å². The normalized spacial score (nSPS) is 10.1. The number of ketones is 1. The van der Waals surface area contributed by atoms with Crippen molar-refractivity contribution in [3.63, 3.8) is 0 Å². The number of rotatable bonds is 3. The molecule has 0 atom stereocenters. The number of nitrogens with zero attached hydrogens (tertiary/aromatic N) is 1. The van der Waals surface area contributed by atoms with Gasteiger partial charge in [-0.2, -0.15) is 0 Å². The number of Topliss-reactive ketones (excluding diaryl/α,β-unsaturated/α-hetero) is 1. The first-order valence-electron chi connectivity index (χ1n) is 3.70. The van der Waals surface area contributed by atoms with Crippen molar-refractivity contribution >= 4 is 29.0 Å². The van der Waals surface area contributed by atoms with Gasteiger partial charge >= 0.3 is 0 Å². The number of hydrogen-bond donors (Lipinski definition) is 1. The Labute approximate surface area is 85.9 Å².